The van der Waals surface area contributed by atoms with E-state index in [4.69, 9.17) is 9.47 Å². The Kier molecular flexibility index (Phi) is 6.60. The van der Waals surface area contributed by atoms with Gasteiger partial charge in [-0.05, 0) is 55.0 Å². The van der Waals surface area contributed by atoms with E-state index in [0.717, 1.165) is 5.56 Å². The lowest BCUT2D eigenvalue weighted by Gasteiger charge is -2.09. The fourth-order valence-corrected chi connectivity index (χ4v) is 2.74. The van der Waals surface area contributed by atoms with Gasteiger partial charge >= 0.3 is 5.97 Å². The average molecular weight is 403 g/mol. The molecule has 6 heteroatoms. The number of amides is 1. The first-order chi connectivity index (χ1) is 14.5. The Morgan fingerprint density at radius 3 is 2.13 bits per heavy atom. The van der Waals surface area contributed by atoms with Gasteiger partial charge in [-0.3, -0.25) is 9.59 Å². The van der Waals surface area contributed by atoms with Crippen LogP contribution in [0.5, 0.6) is 5.75 Å². The number of carbonyl (C=O) groups is 3. The zero-order chi connectivity index (χ0) is 21.5. The molecule has 0 fully saturated rings. The molecule has 0 aliphatic carbocycles. The Balaban J connectivity index is 1.61. The number of nitrogens with one attached hydrogen (secondary N) is 1. The molecule has 0 saturated carbocycles. The molecule has 30 heavy (non-hydrogen) atoms. The molecule has 0 aliphatic rings. The molecule has 3 aromatic carbocycles. The van der Waals surface area contributed by atoms with Crippen LogP contribution in [-0.4, -0.2) is 24.8 Å². The van der Waals surface area contributed by atoms with Gasteiger partial charge in [-0.1, -0.05) is 30.3 Å². The molecule has 0 heterocycles. The summed E-state index contributed by atoms with van der Waals surface area (Å²) >= 11 is 0. The maximum Gasteiger partial charge on any atom is 0.338 e. The molecule has 3 aromatic rings. The summed E-state index contributed by atoms with van der Waals surface area (Å²) < 4.78 is 10.4. The predicted molar refractivity (Wildman–Crippen MR) is 113 cm³/mol. The van der Waals surface area contributed by atoms with E-state index >= 15 is 0 Å². The minimum Gasteiger partial charge on any atom is -0.497 e. The zero-order valence-corrected chi connectivity index (χ0v) is 16.7. The molecular formula is C24H21NO5. The molecule has 0 bridgehead atoms. The SMILES string of the molecule is COc1ccc(C(=O)Nc2cccc(C(=O)OCc3ccc(C(C)=O)cc3)c2)cc1. The number of carbonyl (C=O) groups excluding carboxylic acids is 3. The summed E-state index contributed by atoms with van der Waals surface area (Å²) in [6.07, 6.45) is 0. The molecule has 0 aliphatic heterocycles. The second-order valence-electron chi connectivity index (χ2n) is 6.59. The molecule has 0 saturated heterocycles. The lowest BCUT2D eigenvalue weighted by atomic mass is 10.1. The fourth-order valence-electron chi connectivity index (χ4n) is 2.74. The summed E-state index contributed by atoms with van der Waals surface area (Å²) in [5, 5.41) is 2.76. The number of rotatable bonds is 7. The first-order valence-electron chi connectivity index (χ1n) is 9.29. The summed E-state index contributed by atoms with van der Waals surface area (Å²) in [5.74, 6) is -0.167. The van der Waals surface area contributed by atoms with E-state index in [2.05, 4.69) is 5.32 Å². The second-order valence-corrected chi connectivity index (χ2v) is 6.59. The molecule has 1 N–H and O–H groups in total. The largest absolute Gasteiger partial charge is 0.497 e. The van der Waals surface area contributed by atoms with Crippen molar-refractivity contribution in [3.63, 3.8) is 0 Å². The number of Topliss-reactive ketones (excluding diaryl/α,β-unsaturated/α-hetero) is 1. The summed E-state index contributed by atoms with van der Waals surface area (Å²) in [4.78, 5) is 36.1. The van der Waals surface area contributed by atoms with Crippen molar-refractivity contribution < 1.29 is 23.9 Å². The lowest BCUT2D eigenvalue weighted by Crippen LogP contribution is -2.12. The molecule has 1 amide bonds. The highest BCUT2D eigenvalue weighted by atomic mass is 16.5. The van der Waals surface area contributed by atoms with Gasteiger partial charge in [-0.2, -0.15) is 0 Å². The number of methoxy groups -OCH3 is 1. The van der Waals surface area contributed by atoms with Gasteiger partial charge in [0.15, 0.2) is 5.78 Å². The third-order valence-corrected chi connectivity index (χ3v) is 4.44. The standard InChI is InChI=1S/C24H21NO5/c1-16(26)18-8-6-17(7-9-18)15-30-24(28)20-4-3-5-21(14-20)25-23(27)19-10-12-22(29-2)13-11-19/h3-14H,15H2,1-2H3,(H,25,27). The number of esters is 1. The minimum atomic E-state index is -0.508. The molecule has 3 rings (SSSR count). The molecule has 0 unspecified atom stereocenters. The smallest absolute Gasteiger partial charge is 0.338 e. The molecule has 0 aromatic heterocycles. The highest BCUT2D eigenvalue weighted by Gasteiger charge is 2.11. The Hall–Kier alpha value is -3.93. The van der Waals surface area contributed by atoms with Crippen molar-refractivity contribution >= 4 is 23.3 Å². The maximum absolute atomic E-state index is 12.4. The van der Waals surface area contributed by atoms with Crippen LogP contribution in [0.3, 0.4) is 0 Å². The Morgan fingerprint density at radius 1 is 0.833 bits per heavy atom. The van der Waals surface area contributed by atoms with Crippen LogP contribution in [0.25, 0.3) is 0 Å². The van der Waals surface area contributed by atoms with Crippen LogP contribution in [-0.2, 0) is 11.3 Å². The monoisotopic (exact) mass is 403 g/mol. The molecule has 6 nitrogen and oxygen atoms in total. The van der Waals surface area contributed by atoms with Crippen LogP contribution in [0.4, 0.5) is 5.69 Å². The number of anilines is 1. The quantitative estimate of drug-likeness (QED) is 0.464. The van der Waals surface area contributed by atoms with Gasteiger partial charge in [0.1, 0.15) is 12.4 Å². The molecule has 0 spiro atoms. The lowest BCUT2D eigenvalue weighted by molar-refractivity contribution is 0.0472. The molecular weight excluding hydrogens is 382 g/mol. The number of hydrogen-bond donors (Lipinski definition) is 1. The van der Waals surface area contributed by atoms with Gasteiger partial charge in [-0.25, -0.2) is 4.79 Å². The summed E-state index contributed by atoms with van der Waals surface area (Å²) in [7, 11) is 1.56. The van der Waals surface area contributed by atoms with Gasteiger partial charge < -0.3 is 14.8 Å². The first-order valence-corrected chi connectivity index (χ1v) is 9.29. The van der Waals surface area contributed by atoms with Gasteiger partial charge in [0.2, 0.25) is 0 Å². The van der Waals surface area contributed by atoms with Crippen LogP contribution in [0.2, 0.25) is 0 Å². The van der Waals surface area contributed by atoms with Crippen LogP contribution >= 0.6 is 0 Å². The Morgan fingerprint density at radius 2 is 1.50 bits per heavy atom. The van der Waals surface area contributed by atoms with Crippen molar-refractivity contribution in [2.24, 2.45) is 0 Å². The Labute approximate surface area is 174 Å². The Bertz CT molecular complexity index is 1060. The van der Waals surface area contributed by atoms with Crippen LogP contribution in [0, 0.1) is 0 Å². The van der Waals surface area contributed by atoms with Crippen LogP contribution < -0.4 is 10.1 Å². The first kappa shape index (κ1) is 20.8. The van der Waals surface area contributed by atoms with Crippen molar-refractivity contribution in [1.29, 1.82) is 0 Å². The molecule has 0 radical (unpaired) electrons. The summed E-state index contributed by atoms with van der Waals surface area (Å²) in [6.45, 7) is 1.58. The second kappa shape index (κ2) is 9.52. The van der Waals surface area contributed by atoms with Crippen molar-refractivity contribution in [3.05, 3.63) is 95.1 Å². The van der Waals surface area contributed by atoms with Crippen LogP contribution in [0.15, 0.2) is 72.8 Å². The van der Waals surface area contributed by atoms with E-state index in [-0.39, 0.29) is 18.3 Å². The maximum atomic E-state index is 12.4. The van der Waals surface area contributed by atoms with E-state index in [0.29, 0.717) is 28.1 Å². The van der Waals surface area contributed by atoms with Gasteiger partial charge in [0.05, 0.1) is 12.7 Å². The van der Waals surface area contributed by atoms with E-state index in [1.54, 1.807) is 79.9 Å². The van der Waals surface area contributed by atoms with E-state index in [9.17, 15) is 14.4 Å². The third kappa shape index (κ3) is 5.32. The van der Waals surface area contributed by atoms with Gasteiger partial charge in [0.25, 0.3) is 5.91 Å². The molecule has 152 valence electrons. The van der Waals surface area contributed by atoms with E-state index in [1.807, 2.05) is 0 Å². The third-order valence-electron chi connectivity index (χ3n) is 4.44. The van der Waals surface area contributed by atoms with Gasteiger partial charge in [0, 0.05) is 16.8 Å². The van der Waals surface area contributed by atoms with Crippen molar-refractivity contribution in [2.75, 3.05) is 12.4 Å². The van der Waals surface area contributed by atoms with Crippen LogP contribution in [0.1, 0.15) is 43.6 Å². The summed E-state index contributed by atoms with van der Waals surface area (Å²) in [5.41, 5.74) is 2.65. The summed E-state index contributed by atoms with van der Waals surface area (Å²) in [6, 6.07) is 20.1. The average Bonchev–Trinajstić information content (AvgIpc) is 2.78. The molecule has 0 atom stereocenters. The predicted octanol–water partition coefficient (Wildman–Crippen LogP) is 4.51. The number of ketones is 1. The highest BCUT2D eigenvalue weighted by Crippen LogP contribution is 2.16. The van der Waals surface area contributed by atoms with E-state index in [1.165, 1.54) is 6.92 Å². The van der Waals surface area contributed by atoms with Crippen molar-refractivity contribution in [1.82, 2.24) is 0 Å². The number of hydrogen-bond acceptors (Lipinski definition) is 5. The highest BCUT2D eigenvalue weighted by molar-refractivity contribution is 6.05. The van der Waals surface area contributed by atoms with Crippen molar-refractivity contribution in [3.8, 4) is 5.75 Å². The van der Waals surface area contributed by atoms with E-state index < -0.39 is 5.97 Å². The zero-order valence-electron chi connectivity index (χ0n) is 16.7. The topological polar surface area (TPSA) is 81.7 Å². The minimum absolute atomic E-state index is 0.0213. The normalized spacial score (nSPS) is 10.2. The van der Waals surface area contributed by atoms with Crippen molar-refractivity contribution in [2.45, 2.75) is 13.5 Å². The fraction of sp³-hybridized carbons (Fsp3) is 0.125. The number of benzene rings is 3. The van der Waals surface area contributed by atoms with Gasteiger partial charge in [-0.15, -0.1) is 0 Å². The number of ether oxygens (including phenoxy) is 2.